The predicted octanol–water partition coefficient (Wildman–Crippen LogP) is 5.14. The monoisotopic (exact) mass is 437 g/mol. The van der Waals surface area contributed by atoms with Gasteiger partial charge in [0.1, 0.15) is 12.4 Å². The first-order valence-corrected chi connectivity index (χ1v) is 10.7. The number of hydrogen-bond donors (Lipinski definition) is 1. The normalized spacial score (nSPS) is 10.4. The van der Waals surface area contributed by atoms with Crippen LogP contribution < -0.4 is 5.32 Å². The van der Waals surface area contributed by atoms with E-state index in [0.29, 0.717) is 18.8 Å². The summed E-state index contributed by atoms with van der Waals surface area (Å²) in [6, 6.07) is 18.8. The van der Waals surface area contributed by atoms with Crippen LogP contribution in [-0.4, -0.2) is 34.8 Å². The molecule has 2 aromatic carbocycles. The zero-order valence-corrected chi connectivity index (χ0v) is 17.9. The van der Waals surface area contributed by atoms with E-state index in [9.17, 15) is 14.0 Å². The van der Waals surface area contributed by atoms with Crippen LogP contribution in [0.5, 0.6) is 0 Å². The van der Waals surface area contributed by atoms with Crippen LogP contribution in [0, 0.1) is 5.82 Å². The van der Waals surface area contributed by atoms with Gasteiger partial charge in [0.05, 0.1) is 6.54 Å². The molecule has 3 amide bonds. The molecule has 0 radical (unpaired) electrons. The first-order valence-electron chi connectivity index (χ1n) is 9.81. The second-order valence-corrected chi connectivity index (χ2v) is 7.96. The fourth-order valence-electron chi connectivity index (χ4n) is 3.03. The Hall–Kier alpha value is -3.45. The molecule has 3 aromatic rings. The second-order valence-electron chi connectivity index (χ2n) is 6.92. The molecule has 1 N–H and O–H groups in total. The van der Waals surface area contributed by atoms with Gasteiger partial charge in [-0.1, -0.05) is 48.5 Å². The Morgan fingerprint density at radius 1 is 1.00 bits per heavy atom. The summed E-state index contributed by atoms with van der Waals surface area (Å²) < 4.78 is 13.4. The molecular formula is C24H24FN3O2S. The Balaban J connectivity index is 1.72. The van der Waals surface area contributed by atoms with Crippen LogP contribution in [0.1, 0.15) is 10.4 Å². The largest absolute Gasteiger partial charge is 0.332 e. The summed E-state index contributed by atoms with van der Waals surface area (Å²) in [4.78, 5) is 30.0. The first-order chi connectivity index (χ1) is 15.0. The summed E-state index contributed by atoms with van der Waals surface area (Å²) in [6.45, 7) is 4.64. The van der Waals surface area contributed by atoms with Gasteiger partial charge in [-0.3, -0.25) is 4.79 Å². The molecule has 7 heteroatoms. The summed E-state index contributed by atoms with van der Waals surface area (Å²) in [5.41, 5.74) is 1.33. The lowest BCUT2D eigenvalue weighted by molar-refractivity contribution is -0.132. The zero-order chi connectivity index (χ0) is 22.1. The molecule has 0 saturated heterocycles. The first kappa shape index (κ1) is 22.2. The number of benzene rings is 2. The average molecular weight is 438 g/mol. The summed E-state index contributed by atoms with van der Waals surface area (Å²) in [5.74, 6) is -0.636. The maximum absolute atomic E-state index is 13.4. The molecule has 0 spiro atoms. The number of rotatable bonds is 9. The van der Waals surface area contributed by atoms with Crippen molar-refractivity contribution in [1.82, 2.24) is 9.80 Å². The molecule has 0 aliphatic carbocycles. The lowest BCUT2D eigenvalue weighted by Gasteiger charge is -2.27. The van der Waals surface area contributed by atoms with Gasteiger partial charge in [-0.2, -0.15) is 0 Å². The number of hydrogen-bond acceptors (Lipinski definition) is 3. The number of nitrogens with zero attached hydrogens (tertiary/aromatic N) is 2. The third-order valence-electron chi connectivity index (χ3n) is 4.53. The van der Waals surface area contributed by atoms with E-state index in [1.807, 2.05) is 47.8 Å². The van der Waals surface area contributed by atoms with Crippen LogP contribution >= 0.6 is 11.3 Å². The number of carbonyl (C=O) groups excluding carboxylic acids is 2. The van der Waals surface area contributed by atoms with Gasteiger partial charge >= 0.3 is 6.03 Å². The molecule has 0 aliphatic heterocycles. The Morgan fingerprint density at radius 2 is 1.81 bits per heavy atom. The van der Waals surface area contributed by atoms with Crippen molar-refractivity contribution in [3.8, 4) is 0 Å². The standard InChI is InChI=1S/C24H24FN3O2S/c1-2-13-27(24(30)26-21-11-6-10-20(25)15-21)18-23(29)28(17-22-12-7-14-31-22)16-19-8-4-3-5-9-19/h2-12,14-15H,1,13,16-18H2,(H,26,30). The molecule has 1 heterocycles. The van der Waals surface area contributed by atoms with E-state index in [1.165, 1.54) is 23.1 Å². The zero-order valence-electron chi connectivity index (χ0n) is 17.0. The number of anilines is 1. The van der Waals surface area contributed by atoms with E-state index in [-0.39, 0.29) is 19.0 Å². The molecule has 160 valence electrons. The maximum Gasteiger partial charge on any atom is 0.322 e. The van der Waals surface area contributed by atoms with Crippen molar-refractivity contribution in [3.63, 3.8) is 0 Å². The number of thiophene rings is 1. The van der Waals surface area contributed by atoms with Crippen LogP contribution in [0.2, 0.25) is 0 Å². The van der Waals surface area contributed by atoms with Crippen LogP contribution in [0.4, 0.5) is 14.9 Å². The highest BCUT2D eigenvalue weighted by molar-refractivity contribution is 7.09. The minimum absolute atomic E-state index is 0.120. The molecule has 0 saturated carbocycles. The van der Waals surface area contributed by atoms with Crippen molar-refractivity contribution in [2.45, 2.75) is 13.1 Å². The van der Waals surface area contributed by atoms with Gasteiger partial charge in [0.25, 0.3) is 0 Å². The SMILES string of the molecule is C=CCN(CC(=O)N(Cc1ccccc1)Cc1cccs1)C(=O)Nc1cccc(F)c1. The minimum atomic E-state index is -0.491. The van der Waals surface area contributed by atoms with E-state index in [4.69, 9.17) is 0 Å². The summed E-state index contributed by atoms with van der Waals surface area (Å²) in [6.07, 6.45) is 1.55. The highest BCUT2D eigenvalue weighted by Crippen LogP contribution is 2.16. The average Bonchev–Trinajstić information content (AvgIpc) is 3.27. The Kier molecular flexibility index (Phi) is 7.95. The van der Waals surface area contributed by atoms with Gasteiger partial charge < -0.3 is 15.1 Å². The molecule has 5 nitrogen and oxygen atoms in total. The van der Waals surface area contributed by atoms with Gasteiger partial charge in [0.2, 0.25) is 5.91 Å². The molecule has 0 fully saturated rings. The fourth-order valence-corrected chi connectivity index (χ4v) is 3.75. The molecule has 3 rings (SSSR count). The molecule has 0 atom stereocenters. The molecular weight excluding hydrogens is 413 g/mol. The second kappa shape index (κ2) is 11.1. The Labute approximate surface area is 185 Å². The smallest absolute Gasteiger partial charge is 0.322 e. The number of halogens is 1. The summed E-state index contributed by atoms with van der Waals surface area (Å²) >= 11 is 1.58. The number of nitrogens with one attached hydrogen (secondary N) is 1. The topological polar surface area (TPSA) is 52.7 Å². The minimum Gasteiger partial charge on any atom is -0.332 e. The van der Waals surface area contributed by atoms with Crippen LogP contribution in [-0.2, 0) is 17.9 Å². The van der Waals surface area contributed by atoms with Crippen molar-refractivity contribution >= 4 is 29.0 Å². The van der Waals surface area contributed by atoms with Gasteiger partial charge in [-0.05, 0) is 35.2 Å². The molecule has 0 unspecified atom stereocenters. The van der Waals surface area contributed by atoms with Crippen molar-refractivity contribution in [3.05, 3.63) is 101 Å². The van der Waals surface area contributed by atoms with Crippen LogP contribution in [0.15, 0.2) is 84.8 Å². The molecule has 0 aliphatic rings. The van der Waals surface area contributed by atoms with Crippen molar-refractivity contribution in [2.24, 2.45) is 0 Å². The van der Waals surface area contributed by atoms with E-state index in [1.54, 1.807) is 28.4 Å². The third kappa shape index (κ3) is 6.79. The quantitative estimate of drug-likeness (QED) is 0.472. The third-order valence-corrected chi connectivity index (χ3v) is 5.40. The number of amides is 3. The summed E-state index contributed by atoms with van der Waals surface area (Å²) in [7, 11) is 0. The number of carbonyl (C=O) groups is 2. The highest BCUT2D eigenvalue weighted by atomic mass is 32.1. The van der Waals surface area contributed by atoms with Crippen LogP contribution in [0.3, 0.4) is 0 Å². The van der Waals surface area contributed by atoms with E-state index >= 15 is 0 Å². The predicted molar refractivity (Wildman–Crippen MR) is 122 cm³/mol. The fraction of sp³-hybridized carbons (Fsp3) is 0.167. The lowest BCUT2D eigenvalue weighted by atomic mass is 10.2. The van der Waals surface area contributed by atoms with E-state index in [2.05, 4.69) is 11.9 Å². The maximum atomic E-state index is 13.4. The summed E-state index contributed by atoms with van der Waals surface area (Å²) in [5, 5.41) is 4.61. The van der Waals surface area contributed by atoms with Gasteiger partial charge in [0, 0.05) is 23.7 Å². The lowest BCUT2D eigenvalue weighted by Crippen LogP contribution is -2.44. The van der Waals surface area contributed by atoms with Crippen molar-refractivity contribution < 1.29 is 14.0 Å². The van der Waals surface area contributed by atoms with Gasteiger partial charge in [-0.15, -0.1) is 17.9 Å². The van der Waals surface area contributed by atoms with Gasteiger partial charge in [0.15, 0.2) is 0 Å². The molecule has 31 heavy (non-hydrogen) atoms. The Bertz CT molecular complexity index is 1010. The van der Waals surface area contributed by atoms with E-state index < -0.39 is 11.8 Å². The molecule has 0 bridgehead atoms. The van der Waals surface area contributed by atoms with Crippen molar-refractivity contribution in [1.29, 1.82) is 0 Å². The van der Waals surface area contributed by atoms with Gasteiger partial charge in [-0.25, -0.2) is 9.18 Å². The number of urea groups is 1. The van der Waals surface area contributed by atoms with Crippen LogP contribution in [0.25, 0.3) is 0 Å². The van der Waals surface area contributed by atoms with Crippen molar-refractivity contribution in [2.75, 3.05) is 18.4 Å². The Morgan fingerprint density at radius 3 is 2.48 bits per heavy atom. The highest BCUT2D eigenvalue weighted by Gasteiger charge is 2.21. The van der Waals surface area contributed by atoms with E-state index in [0.717, 1.165) is 10.4 Å². The molecule has 1 aromatic heterocycles.